The van der Waals surface area contributed by atoms with E-state index in [1.165, 1.54) is 24.4 Å². The van der Waals surface area contributed by atoms with Crippen LogP contribution in [0.4, 0.5) is 17.2 Å². The van der Waals surface area contributed by atoms with Gasteiger partial charge < -0.3 is 16.2 Å². The third-order valence-electron chi connectivity index (χ3n) is 2.49. The van der Waals surface area contributed by atoms with Gasteiger partial charge in [-0.3, -0.25) is 0 Å². The lowest BCUT2D eigenvalue weighted by atomic mass is 10.2. The number of hydrogen-bond donors (Lipinski definition) is 3. The number of benzene rings is 1. The first-order valence-electron chi connectivity index (χ1n) is 5.46. The average molecular weight is 289 g/mol. The highest BCUT2D eigenvalue weighted by molar-refractivity contribution is 6.30. The molecule has 0 amide bonds. The smallest absolute Gasteiger partial charge is 0.339 e. The number of anilines is 3. The average Bonchev–Trinajstić information content (AvgIpc) is 2.41. The fourth-order valence-electron chi connectivity index (χ4n) is 1.59. The summed E-state index contributed by atoms with van der Waals surface area (Å²) in [6.45, 7) is 0. The molecule has 1 heterocycles. The van der Waals surface area contributed by atoms with Gasteiger partial charge in [-0.15, -0.1) is 0 Å². The fourth-order valence-corrected chi connectivity index (χ4v) is 1.76. The summed E-state index contributed by atoms with van der Waals surface area (Å²) in [7, 11) is 0. The predicted octanol–water partition coefficient (Wildman–Crippen LogP) is 2.63. The van der Waals surface area contributed by atoms with Gasteiger partial charge in [0.25, 0.3) is 0 Å². The maximum atomic E-state index is 11.2. The van der Waals surface area contributed by atoms with E-state index in [-0.39, 0.29) is 17.1 Å². The summed E-state index contributed by atoms with van der Waals surface area (Å²) in [5.41, 5.74) is 6.36. The summed E-state index contributed by atoms with van der Waals surface area (Å²) in [6, 6.07) is 7.89. The second-order valence-electron chi connectivity index (χ2n) is 3.90. The van der Waals surface area contributed by atoms with Crippen LogP contribution in [0, 0.1) is 11.3 Å². The van der Waals surface area contributed by atoms with E-state index < -0.39 is 5.97 Å². The Labute approximate surface area is 119 Å². The van der Waals surface area contributed by atoms with E-state index >= 15 is 0 Å². The molecule has 0 atom stereocenters. The maximum Gasteiger partial charge on any atom is 0.339 e. The first-order valence-corrected chi connectivity index (χ1v) is 5.84. The van der Waals surface area contributed by atoms with Crippen molar-refractivity contribution in [2.24, 2.45) is 0 Å². The third-order valence-corrected chi connectivity index (χ3v) is 2.73. The minimum Gasteiger partial charge on any atom is -0.478 e. The largest absolute Gasteiger partial charge is 0.478 e. The van der Waals surface area contributed by atoms with Gasteiger partial charge in [0.1, 0.15) is 17.5 Å². The molecule has 1 aromatic carbocycles. The number of carboxylic acid groups (broad SMARTS) is 1. The molecular weight excluding hydrogens is 280 g/mol. The zero-order chi connectivity index (χ0) is 14.7. The Morgan fingerprint density at radius 2 is 2.20 bits per heavy atom. The van der Waals surface area contributed by atoms with Gasteiger partial charge >= 0.3 is 5.97 Å². The number of nitrogens with zero attached hydrogens (tertiary/aromatic N) is 2. The molecule has 0 radical (unpaired) electrons. The highest BCUT2D eigenvalue weighted by Gasteiger charge is 2.14. The van der Waals surface area contributed by atoms with E-state index in [2.05, 4.69) is 10.3 Å². The molecule has 0 unspecified atom stereocenters. The Balaban J connectivity index is 2.48. The molecule has 2 rings (SSSR count). The van der Waals surface area contributed by atoms with Crippen molar-refractivity contribution in [2.75, 3.05) is 11.1 Å². The molecule has 0 saturated heterocycles. The van der Waals surface area contributed by atoms with E-state index in [1.54, 1.807) is 6.07 Å². The quantitative estimate of drug-likeness (QED) is 0.800. The standard InChI is InChI=1S/C13H9ClN4O2/c14-8-2-1-7(5-15)11(3-8)18-12-10(13(19)20)4-9(16)6-17-12/h1-4,6H,16H2,(H,17,18)(H,19,20). The second-order valence-corrected chi connectivity index (χ2v) is 4.33. The van der Waals surface area contributed by atoms with E-state index in [9.17, 15) is 4.79 Å². The zero-order valence-corrected chi connectivity index (χ0v) is 10.8. The van der Waals surface area contributed by atoms with E-state index in [4.69, 9.17) is 27.7 Å². The predicted molar refractivity (Wildman–Crippen MR) is 75.1 cm³/mol. The van der Waals surface area contributed by atoms with Crippen LogP contribution in [0.15, 0.2) is 30.5 Å². The van der Waals surface area contributed by atoms with Crippen molar-refractivity contribution in [2.45, 2.75) is 0 Å². The summed E-state index contributed by atoms with van der Waals surface area (Å²) in [5, 5.41) is 21.3. The first kappa shape index (κ1) is 13.6. The molecule has 1 aromatic heterocycles. The van der Waals surface area contributed by atoms with E-state index in [1.807, 2.05) is 6.07 Å². The number of carboxylic acids is 1. The Kier molecular flexibility index (Phi) is 3.73. The van der Waals surface area contributed by atoms with Gasteiger partial charge in [0.2, 0.25) is 0 Å². The second kappa shape index (κ2) is 5.47. The highest BCUT2D eigenvalue weighted by atomic mass is 35.5. The van der Waals surface area contributed by atoms with E-state index in [0.717, 1.165) is 0 Å². The van der Waals surface area contributed by atoms with Crippen molar-refractivity contribution in [3.63, 3.8) is 0 Å². The molecular formula is C13H9ClN4O2. The first-order chi connectivity index (χ1) is 9.51. The molecule has 4 N–H and O–H groups in total. The number of aromatic carboxylic acids is 1. The summed E-state index contributed by atoms with van der Waals surface area (Å²) >= 11 is 5.86. The van der Waals surface area contributed by atoms with E-state index in [0.29, 0.717) is 16.3 Å². The van der Waals surface area contributed by atoms with Crippen LogP contribution in [0.5, 0.6) is 0 Å². The lowest BCUT2D eigenvalue weighted by Crippen LogP contribution is -2.06. The molecule has 20 heavy (non-hydrogen) atoms. The Hall–Kier alpha value is -2.78. The van der Waals surface area contributed by atoms with Gasteiger partial charge in [-0.1, -0.05) is 11.6 Å². The number of aromatic nitrogens is 1. The number of nitrogens with one attached hydrogen (secondary N) is 1. The van der Waals surface area contributed by atoms with Crippen LogP contribution in [0.1, 0.15) is 15.9 Å². The number of nitrogen functional groups attached to an aromatic ring is 1. The molecule has 0 fully saturated rings. The van der Waals surface area contributed by atoms with Gasteiger partial charge in [-0.2, -0.15) is 5.26 Å². The maximum absolute atomic E-state index is 11.2. The molecule has 0 aliphatic rings. The van der Waals surface area contributed by atoms with Crippen molar-refractivity contribution < 1.29 is 9.90 Å². The fraction of sp³-hybridized carbons (Fsp3) is 0. The molecule has 6 nitrogen and oxygen atoms in total. The van der Waals surface area contributed by atoms with Gasteiger partial charge in [0, 0.05) is 5.02 Å². The minimum absolute atomic E-state index is 0.0884. The lowest BCUT2D eigenvalue weighted by molar-refractivity contribution is 0.0697. The van der Waals surface area contributed by atoms with Crippen molar-refractivity contribution in [3.05, 3.63) is 46.6 Å². The number of halogens is 1. The number of pyridine rings is 1. The van der Waals surface area contributed by atoms with Crippen LogP contribution in [0.2, 0.25) is 5.02 Å². The van der Waals surface area contributed by atoms with Crippen LogP contribution in [0.25, 0.3) is 0 Å². The van der Waals surface area contributed by atoms with Crippen LogP contribution >= 0.6 is 11.6 Å². The lowest BCUT2D eigenvalue weighted by Gasteiger charge is -2.10. The number of carbonyl (C=O) groups is 1. The Bertz CT molecular complexity index is 725. The summed E-state index contributed by atoms with van der Waals surface area (Å²) in [6.07, 6.45) is 1.32. The normalized spacial score (nSPS) is 9.80. The number of hydrogen-bond acceptors (Lipinski definition) is 5. The third kappa shape index (κ3) is 2.79. The molecule has 0 aliphatic heterocycles. The van der Waals surface area contributed by atoms with Crippen molar-refractivity contribution in [1.29, 1.82) is 5.26 Å². The number of nitriles is 1. The van der Waals surface area contributed by atoms with Crippen LogP contribution in [-0.4, -0.2) is 16.1 Å². The highest BCUT2D eigenvalue weighted by Crippen LogP contribution is 2.25. The summed E-state index contributed by atoms with van der Waals surface area (Å²) < 4.78 is 0. The molecule has 0 bridgehead atoms. The molecule has 7 heteroatoms. The van der Waals surface area contributed by atoms with Crippen molar-refractivity contribution in [1.82, 2.24) is 4.98 Å². The zero-order valence-electron chi connectivity index (χ0n) is 10.1. The molecule has 0 aliphatic carbocycles. The van der Waals surface area contributed by atoms with Gasteiger partial charge in [-0.25, -0.2) is 9.78 Å². The monoisotopic (exact) mass is 288 g/mol. The molecule has 0 spiro atoms. The van der Waals surface area contributed by atoms with Crippen LogP contribution in [-0.2, 0) is 0 Å². The van der Waals surface area contributed by atoms with Gasteiger partial charge in [-0.05, 0) is 24.3 Å². The topological polar surface area (TPSA) is 112 Å². The molecule has 2 aromatic rings. The number of rotatable bonds is 3. The Morgan fingerprint density at radius 1 is 1.45 bits per heavy atom. The summed E-state index contributed by atoms with van der Waals surface area (Å²) in [5.74, 6) is -1.08. The SMILES string of the molecule is N#Cc1ccc(Cl)cc1Nc1ncc(N)cc1C(=O)O. The molecule has 0 saturated carbocycles. The van der Waals surface area contributed by atoms with Crippen molar-refractivity contribution in [3.8, 4) is 6.07 Å². The van der Waals surface area contributed by atoms with Crippen LogP contribution in [0.3, 0.4) is 0 Å². The Morgan fingerprint density at radius 3 is 2.85 bits per heavy atom. The number of nitrogens with two attached hydrogens (primary N) is 1. The molecule has 100 valence electrons. The van der Waals surface area contributed by atoms with Crippen LogP contribution < -0.4 is 11.1 Å². The summed E-state index contributed by atoms with van der Waals surface area (Å²) in [4.78, 5) is 15.1. The van der Waals surface area contributed by atoms with Gasteiger partial charge in [0.05, 0.1) is 23.1 Å². The minimum atomic E-state index is -1.17. The van der Waals surface area contributed by atoms with Gasteiger partial charge in [0.15, 0.2) is 0 Å². The van der Waals surface area contributed by atoms with Crippen molar-refractivity contribution >= 4 is 34.8 Å².